The largest absolute Gasteiger partial charge is 3.00 e. The van der Waals surface area contributed by atoms with Crippen molar-refractivity contribution in [3.05, 3.63) is 73.3 Å². The van der Waals surface area contributed by atoms with Gasteiger partial charge in [0.2, 0.25) is 0 Å². The van der Waals surface area contributed by atoms with Crippen LogP contribution in [-0.2, 0) is 20.1 Å². The second-order valence-corrected chi connectivity index (χ2v) is 4.17. The molecule has 4 rings (SSSR count). The predicted octanol–water partition coefficient (Wildman–Crippen LogP) is 4.33. The van der Waals surface area contributed by atoms with Gasteiger partial charge in [0.05, 0.1) is 0 Å². The summed E-state index contributed by atoms with van der Waals surface area (Å²) in [5.41, 5.74) is 0. The smallest absolute Gasteiger partial charge is 0.366 e. The first-order chi connectivity index (χ1) is 8.93. The molecule has 0 spiro atoms. The maximum absolute atomic E-state index is 3.04. The van der Waals surface area contributed by atoms with Crippen LogP contribution in [0.5, 0.6) is 0 Å². The van der Waals surface area contributed by atoms with Crippen LogP contribution in [0, 0.1) is 0 Å². The zero-order chi connectivity index (χ0) is 12.2. The maximum atomic E-state index is 3.04. The zero-order valence-corrected chi connectivity index (χ0v) is 12.7. The van der Waals surface area contributed by atoms with Gasteiger partial charge in [-0.15, -0.1) is 0 Å². The van der Waals surface area contributed by atoms with Crippen molar-refractivity contribution in [1.82, 2.24) is 9.97 Å². The quantitative estimate of drug-likeness (QED) is 0.419. The molecule has 0 aliphatic rings. The Balaban J connectivity index is 0.000000133. The average Bonchev–Trinajstić information content (AvgIpc) is 3.08. The molecule has 2 heterocycles. The van der Waals surface area contributed by atoms with E-state index in [0.29, 0.717) is 0 Å². The van der Waals surface area contributed by atoms with Gasteiger partial charge < -0.3 is 9.97 Å². The van der Waals surface area contributed by atoms with Crippen molar-refractivity contribution in [3.8, 4) is 0 Å². The summed E-state index contributed by atoms with van der Waals surface area (Å²) in [5, 5.41) is 5.10. The van der Waals surface area contributed by atoms with Gasteiger partial charge in [-0.1, -0.05) is 48.5 Å². The normalized spacial score (nSPS) is 9.68. The van der Waals surface area contributed by atoms with Crippen LogP contribution in [0.3, 0.4) is 0 Å². The molecule has 0 aliphatic carbocycles. The molecule has 2 aromatic carbocycles. The van der Waals surface area contributed by atoms with E-state index in [-0.39, 0.29) is 20.1 Å². The number of rotatable bonds is 0. The Hall–Kier alpha value is -1.83. The van der Waals surface area contributed by atoms with Crippen molar-refractivity contribution in [2.75, 3.05) is 0 Å². The molecule has 0 saturated heterocycles. The molecule has 3 heteroatoms. The number of nitrogens with one attached hydrogen (secondary N) is 2. The number of aromatic amines is 2. The molecule has 2 N–H and O–H groups in total. The fourth-order valence-corrected chi connectivity index (χ4v) is 1.99. The predicted molar refractivity (Wildman–Crippen MR) is 76.6 cm³/mol. The SMILES string of the molecule is [Ir+3].c1ccc2c[nH]cc2c1.c1ccc2c[nH]cc2c1. The van der Waals surface area contributed by atoms with E-state index in [0.717, 1.165) is 0 Å². The number of aromatic nitrogens is 2. The standard InChI is InChI=1S/2C8H7N.Ir/c2*1-2-4-8-6-9-5-7(8)3-1;/h2*1-6,9H;/q;;+3. The Bertz CT molecular complexity index is 629. The number of H-pyrrole nitrogens is 2. The molecule has 0 fully saturated rings. The van der Waals surface area contributed by atoms with Crippen molar-refractivity contribution < 1.29 is 20.1 Å². The van der Waals surface area contributed by atoms with Gasteiger partial charge in [0.1, 0.15) is 0 Å². The van der Waals surface area contributed by atoms with E-state index in [4.69, 9.17) is 0 Å². The Morgan fingerprint density at radius 3 is 1.00 bits per heavy atom. The van der Waals surface area contributed by atoms with E-state index in [1.54, 1.807) is 0 Å². The number of hydrogen-bond acceptors (Lipinski definition) is 0. The van der Waals surface area contributed by atoms with Crippen LogP contribution < -0.4 is 0 Å². The molecule has 0 unspecified atom stereocenters. The Kier molecular flexibility index (Phi) is 4.56. The second kappa shape index (κ2) is 6.37. The third-order valence-electron chi connectivity index (χ3n) is 2.95. The van der Waals surface area contributed by atoms with Gasteiger partial charge >= 0.3 is 20.1 Å². The van der Waals surface area contributed by atoms with Crippen LogP contribution in [0.2, 0.25) is 0 Å². The zero-order valence-electron chi connectivity index (χ0n) is 10.3. The summed E-state index contributed by atoms with van der Waals surface area (Å²) in [4.78, 5) is 6.08. The van der Waals surface area contributed by atoms with Crippen LogP contribution in [0.4, 0.5) is 0 Å². The van der Waals surface area contributed by atoms with Gasteiger partial charge in [-0.3, -0.25) is 0 Å². The Morgan fingerprint density at radius 1 is 0.474 bits per heavy atom. The monoisotopic (exact) mass is 427 g/mol. The van der Waals surface area contributed by atoms with Crippen LogP contribution in [-0.4, -0.2) is 9.97 Å². The van der Waals surface area contributed by atoms with E-state index in [1.165, 1.54) is 21.5 Å². The van der Waals surface area contributed by atoms with Crippen LogP contribution >= 0.6 is 0 Å². The summed E-state index contributed by atoms with van der Waals surface area (Å²) < 4.78 is 0. The Labute approximate surface area is 125 Å². The minimum absolute atomic E-state index is 0. The van der Waals surface area contributed by atoms with E-state index in [1.807, 2.05) is 49.1 Å². The third kappa shape index (κ3) is 3.14. The number of benzene rings is 2. The molecule has 2 nitrogen and oxygen atoms in total. The summed E-state index contributed by atoms with van der Waals surface area (Å²) in [6, 6.07) is 16.5. The summed E-state index contributed by atoms with van der Waals surface area (Å²) in [7, 11) is 0. The molecule has 0 aliphatic heterocycles. The van der Waals surface area contributed by atoms with Crippen molar-refractivity contribution in [2.24, 2.45) is 0 Å². The molecule has 2 aromatic heterocycles. The van der Waals surface area contributed by atoms with Gasteiger partial charge in [-0.05, 0) is 21.5 Å². The third-order valence-corrected chi connectivity index (χ3v) is 2.95. The number of fused-ring (bicyclic) bond motifs is 2. The summed E-state index contributed by atoms with van der Waals surface area (Å²) in [6.45, 7) is 0. The summed E-state index contributed by atoms with van der Waals surface area (Å²) in [5.74, 6) is 0. The van der Waals surface area contributed by atoms with E-state index < -0.39 is 0 Å². The summed E-state index contributed by atoms with van der Waals surface area (Å²) >= 11 is 0. The molecule has 0 atom stereocenters. The van der Waals surface area contributed by atoms with Crippen molar-refractivity contribution in [3.63, 3.8) is 0 Å². The molecule has 0 radical (unpaired) electrons. The minimum Gasteiger partial charge on any atom is -0.366 e. The second-order valence-electron chi connectivity index (χ2n) is 4.17. The van der Waals surface area contributed by atoms with Gasteiger partial charge in [0.15, 0.2) is 0 Å². The van der Waals surface area contributed by atoms with Crippen LogP contribution in [0.15, 0.2) is 73.3 Å². The topological polar surface area (TPSA) is 31.6 Å². The van der Waals surface area contributed by atoms with Gasteiger partial charge in [0.25, 0.3) is 0 Å². The first kappa shape index (κ1) is 13.6. The fraction of sp³-hybridized carbons (Fsp3) is 0. The van der Waals surface area contributed by atoms with Crippen LogP contribution in [0.25, 0.3) is 21.5 Å². The van der Waals surface area contributed by atoms with E-state index in [2.05, 4.69) is 34.2 Å². The summed E-state index contributed by atoms with van der Waals surface area (Å²) in [6.07, 6.45) is 7.98. The van der Waals surface area contributed by atoms with Gasteiger partial charge in [0, 0.05) is 24.8 Å². The fourth-order valence-electron chi connectivity index (χ4n) is 1.99. The molecule has 0 amide bonds. The van der Waals surface area contributed by atoms with Crippen molar-refractivity contribution >= 4 is 21.5 Å². The van der Waals surface area contributed by atoms with Gasteiger partial charge in [-0.25, -0.2) is 0 Å². The molecule has 19 heavy (non-hydrogen) atoms. The maximum Gasteiger partial charge on any atom is 3.00 e. The van der Waals surface area contributed by atoms with Crippen molar-refractivity contribution in [2.45, 2.75) is 0 Å². The average molecular weight is 427 g/mol. The minimum atomic E-state index is 0. The first-order valence-electron chi connectivity index (χ1n) is 5.96. The molecular weight excluding hydrogens is 412 g/mol. The first-order valence-corrected chi connectivity index (χ1v) is 5.96. The molecule has 94 valence electrons. The van der Waals surface area contributed by atoms with Crippen molar-refractivity contribution in [1.29, 1.82) is 0 Å². The van der Waals surface area contributed by atoms with E-state index >= 15 is 0 Å². The van der Waals surface area contributed by atoms with E-state index in [9.17, 15) is 0 Å². The van der Waals surface area contributed by atoms with Gasteiger partial charge in [-0.2, -0.15) is 0 Å². The molecule has 4 aromatic rings. The molecule has 0 saturated carbocycles. The molecular formula is C16H14IrN2+3. The molecule has 0 bridgehead atoms. The Morgan fingerprint density at radius 2 is 0.737 bits per heavy atom. The van der Waals surface area contributed by atoms with Crippen LogP contribution in [0.1, 0.15) is 0 Å². The number of hydrogen-bond donors (Lipinski definition) is 2.